The van der Waals surface area contributed by atoms with Gasteiger partial charge in [0.15, 0.2) is 10.9 Å². The predicted octanol–water partition coefficient (Wildman–Crippen LogP) is 6.41. The molecule has 5 nitrogen and oxygen atoms in total. The Kier molecular flexibility index (Phi) is 5.60. The molecule has 1 aromatic carbocycles. The Hall–Kier alpha value is -2.04. The zero-order valence-electron chi connectivity index (χ0n) is 15.7. The third kappa shape index (κ3) is 3.64. The molecule has 0 bridgehead atoms. The van der Waals surface area contributed by atoms with Gasteiger partial charge in [-0.25, -0.2) is 9.18 Å². The first kappa shape index (κ1) is 22.2. The molecular weight excluding hydrogens is 485 g/mol. The molecule has 1 aromatic heterocycles. The third-order valence-electron chi connectivity index (χ3n) is 5.17. The molecule has 0 radical (unpaired) electrons. The van der Waals surface area contributed by atoms with Gasteiger partial charge in [0.05, 0.1) is 28.5 Å². The van der Waals surface area contributed by atoms with E-state index >= 15 is 0 Å². The lowest BCUT2D eigenvalue weighted by Crippen LogP contribution is -2.42. The van der Waals surface area contributed by atoms with Crippen molar-refractivity contribution in [2.75, 3.05) is 7.11 Å². The average Bonchev–Trinajstić information content (AvgIpc) is 3.41. The number of benzene rings is 1. The number of oxime groups is 1. The van der Waals surface area contributed by atoms with Crippen molar-refractivity contribution in [3.63, 3.8) is 0 Å². The maximum atomic E-state index is 14.2. The van der Waals surface area contributed by atoms with Gasteiger partial charge in [-0.1, -0.05) is 39.7 Å². The summed E-state index contributed by atoms with van der Waals surface area (Å²) in [5, 5.41) is 2.87. The maximum absolute atomic E-state index is 14.2. The summed E-state index contributed by atoms with van der Waals surface area (Å²) < 4.78 is 66.0. The molecule has 166 valence electrons. The van der Waals surface area contributed by atoms with Crippen molar-refractivity contribution in [2.45, 2.75) is 37.5 Å². The van der Waals surface area contributed by atoms with Crippen LogP contribution in [0.1, 0.15) is 34.4 Å². The summed E-state index contributed by atoms with van der Waals surface area (Å²) in [5.74, 6) is -1.02. The minimum absolute atomic E-state index is 0.0387. The molecule has 1 unspecified atom stereocenters. The molecule has 12 heteroatoms. The van der Waals surface area contributed by atoms with E-state index in [1.807, 2.05) is 0 Å². The van der Waals surface area contributed by atoms with E-state index < -0.39 is 45.8 Å². The largest absolute Gasteiger partial charge is 0.514 e. The Morgan fingerprint density at radius 2 is 1.87 bits per heavy atom. The Bertz CT molecular complexity index is 1080. The summed E-state index contributed by atoms with van der Waals surface area (Å²) >= 11 is 12.5. The van der Waals surface area contributed by atoms with E-state index in [-0.39, 0.29) is 10.8 Å². The number of nitrogens with zero attached hydrogens (tertiary/aromatic N) is 1. The van der Waals surface area contributed by atoms with Gasteiger partial charge in [0.2, 0.25) is 0 Å². The van der Waals surface area contributed by atoms with Crippen LogP contribution in [0.4, 0.5) is 22.4 Å². The van der Waals surface area contributed by atoms with Gasteiger partial charge >= 0.3 is 12.3 Å². The second-order valence-electron chi connectivity index (χ2n) is 6.97. The highest BCUT2D eigenvalue weighted by Crippen LogP contribution is 2.52. The molecule has 2 aliphatic rings. The number of fused-ring (bicyclic) bond motifs is 1. The Morgan fingerprint density at radius 3 is 2.48 bits per heavy atom. The first-order valence-electron chi connectivity index (χ1n) is 8.95. The van der Waals surface area contributed by atoms with E-state index in [2.05, 4.69) is 9.89 Å². The molecule has 1 aliphatic carbocycles. The first-order chi connectivity index (χ1) is 14.6. The van der Waals surface area contributed by atoms with Crippen molar-refractivity contribution in [3.8, 4) is 5.06 Å². The molecule has 2 aromatic rings. The number of halogens is 6. The third-order valence-corrected chi connectivity index (χ3v) is 6.93. The van der Waals surface area contributed by atoms with Gasteiger partial charge in [-0.3, -0.25) is 0 Å². The molecule has 0 N–H and O–H groups in total. The quantitative estimate of drug-likeness (QED) is 0.279. The minimum Gasteiger partial charge on any atom is -0.437 e. The van der Waals surface area contributed by atoms with Crippen LogP contribution in [-0.2, 0) is 28.0 Å². The summed E-state index contributed by atoms with van der Waals surface area (Å²) in [6, 6.07) is 1.67. The summed E-state index contributed by atoms with van der Waals surface area (Å²) in [6.07, 6.45) is -4.55. The summed E-state index contributed by atoms with van der Waals surface area (Å²) in [7, 11) is 1.16. The van der Waals surface area contributed by atoms with Crippen molar-refractivity contribution < 1.29 is 36.7 Å². The van der Waals surface area contributed by atoms with E-state index in [1.165, 1.54) is 0 Å². The number of methoxy groups -OCH3 is 1. The molecule has 0 spiro atoms. The van der Waals surface area contributed by atoms with Gasteiger partial charge < -0.3 is 14.3 Å². The van der Waals surface area contributed by atoms with Gasteiger partial charge in [0.1, 0.15) is 5.71 Å². The van der Waals surface area contributed by atoms with Crippen molar-refractivity contribution in [3.05, 3.63) is 49.6 Å². The van der Waals surface area contributed by atoms with Gasteiger partial charge in [-0.05, 0) is 37.0 Å². The lowest BCUT2D eigenvalue weighted by Gasteiger charge is -2.29. The second-order valence-corrected chi connectivity index (χ2v) is 8.77. The highest BCUT2D eigenvalue weighted by molar-refractivity contribution is 7.16. The van der Waals surface area contributed by atoms with Crippen LogP contribution in [0.2, 0.25) is 10.0 Å². The second kappa shape index (κ2) is 7.83. The first-order valence-corrected chi connectivity index (χ1v) is 10.5. The number of alkyl halides is 3. The predicted molar refractivity (Wildman–Crippen MR) is 106 cm³/mol. The molecule has 31 heavy (non-hydrogen) atoms. The molecule has 0 saturated carbocycles. The molecule has 1 aliphatic heterocycles. The van der Waals surface area contributed by atoms with Crippen LogP contribution in [-0.4, -0.2) is 25.2 Å². The highest BCUT2D eigenvalue weighted by atomic mass is 35.5. The minimum atomic E-state index is -4.91. The average molecular weight is 498 g/mol. The lowest BCUT2D eigenvalue weighted by atomic mass is 9.87. The number of carbonyl (C=O) groups excluding carboxylic acids is 1. The van der Waals surface area contributed by atoms with Crippen LogP contribution >= 0.6 is 34.5 Å². The molecule has 2 heterocycles. The van der Waals surface area contributed by atoms with Crippen molar-refractivity contribution in [1.29, 1.82) is 0 Å². The van der Waals surface area contributed by atoms with Gasteiger partial charge in [0.25, 0.3) is 5.60 Å². The van der Waals surface area contributed by atoms with E-state index in [4.69, 9.17) is 32.8 Å². The normalized spacial score (nSPS) is 20.3. The van der Waals surface area contributed by atoms with Crippen LogP contribution in [0.5, 0.6) is 5.06 Å². The highest BCUT2D eigenvalue weighted by Gasteiger charge is 2.63. The zero-order chi connectivity index (χ0) is 22.6. The van der Waals surface area contributed by atoms with E-state index in [9.17, 15) is 22.4 Å². The van der Waals surface area contributed by atoms with Crippen LogP contribution < -0.4 is 4.74 Å². The standard InChI is InChI=1S/C19H13Cl2F4NO4S/c1-28-17(27)29-16-10-4-2-3-9(10)15(31-16)13-7-18(30-26-13,19(23,24)25)8-5-11(20)14(22)12(21)6-8/h5-6H,2-4,7H2,1H3. The number of hydrogen-bond acceptors (Lipinski definition) is 6. The fraction of sp³-hybridized carbons (Fsp3) is 0.368. The Labute approximate surface area is 187 Å². The van der Waals surface area contributed by atoms with Gasteiger partial charge in [-0.2, -0.15) is 13.2 Å². The molecule has 0 amide bonds. The van der Waals surface area contributed by atoms with E-state index in [1.54, 1.807) is 0 Å². The van der Waals surface area contributed by atoms with Gasteiger partial charge in [-0.15, -0.1) is 0 Å². The summed E-state index contributed by atoms with van der Waals surface area (Å²) in [4.78, 5) is 16.9. The number of ether oxygens (including phenoxy) is 2. The van der Waals surface area contributed by atoms with Crippen LogP contribution in [0.15, 0.2) is 17.3 Å². The molecule has 1 atom stereocenters. The fourth-order valence-corrected chi connectivity index (χ4v) is 5.39. The number of hydrogen-bond donors (Lipinski definition) is 0. The van der Waals surface area contributed by atoms with Crippen LogP contribution in [0.3, 0.4) is 0 Å². The fourth-order valence-electron chi connectivity index (χ4n) is 3.68. The SMILES string of the molecule is COC(=O)Oc1sc(C2=NOC(c3cc(Cl)c(F)c(Cl)c3)(C(F)(F)F)C2)c2c1CCC2. The monoisotopic (exact) mass is 497 g/mol. The van der Waals surface area contributed by atoms with E-state index in [0.717, 1.165) is 48.1 Å². The summed E-state index contributed by atoms with van der Waals surface area (Å²) in [6.45, 7) is 0. The number of rotatable bonds is 3. The Morgan fingerprint density at radius 1 is 1.23 bits per heavy atom. The smallest absolute Gasteiger partial charge is 0.437 e. The van der Waals surface area contributed by atoms with Crippen LogP contribution in [0, 0.1) is 5.82 Å². The number of carbonyl (C=O) groups is 1. The van der Waals surface area contributed by atoms with Crippen molar-refractivity contribution in [1.82, 2.24) is 0 Å². The summed E-state index contributed by atoms with van der Waals surface area (Å²) in [5.41, 5.74) is -1.81. The molecule has 0 fully saturated rings. The van der Waals surface area contributed by atoms with Gasteiger partial charge in [0, 0.05) is 11.1 Å². The van der Waals surface area contributed by atoms with E-state index in [0.29, 0.717) is 17.7 Å². The zero-order valence-corrected chi connectivity index (χ0v) is 18.1. The lowest BCUT2D eigenvalue weighted by molar-refractivity contribution is -0.275. The Balaban J connectivity index is 1.74. The molecule has 4 rings (SSSR count). The molecular formula is C19H13Cl2F4NO4S. The number of thiophene rings is 1. The van der Waals surface area contributed by atoms with Crippen molar-refractivity contribution >= 4 is 46.4 Å². The van der Waals surface area contributed by atoms with Crippen LogP contribution in [0.25, 0.3) is 0 Å². The van der Waals surface area contributed by atoms with Crippen molar-refractivity contribution in [2.24, 2.45) is 5.16 Å². The topological polar surface area (TPSA) is 57.1 Å². The maximum Gasteiger partial charge on any atom is 0.514 e. The molecule has 0 saturated heterocycles.